The van der Waals surface area contributed by atoms with Gasteiger partial charge >= 0.3 is 0 Å². The highest BCUT2D eigenvalue weighted by Crippen LogP contribution is 2.22. The van der Waals surface area contributed by atoms with Gasteiger partial charge in [0.15, 0.2) is 5.96 Å². The minimum Gasteiger partial charge on any atom is -0.384 e. The average Bonchev–Trinajstić information content (AvgIpc) is 3.21. The highest BCUT2D eigenvalue weighted by Gasteiger charge is 2.23. The largest absolute Gasteiger partial charge is 0.384 e. The quantitative estimate of drug-likeness (QED) is 0.224. The van der Waals surface area contributed by atoms with Gasteiger partial charge in [0.05, 0.1) is 13.1 Å². The van der Waals surface area contributed by atoms with Gasteiger partial charge in [-0.05, 0) is 60.4 Å². The topological polar surface area (TPSA) is 85.8 Å². The predicted molar refractivity (Wildman–Crippen MR) is 132 cm³/mol. The molecule has 0 aliphatic heterocycles. The molecule has 0 saturated carbocycles. The van der Waals surface area contributed by atoms with E-state index in [9.17, 15) is 9.90 Å². The molecule has 2 aromatic rings. The Morgan fingerprint density at radius 1 is 1.17 bits per heavy atom. The third-order valence-corrected chi connectivity index (χ3v) is 4.91. The number of carbonyl (C=O) groups is 1. The number of nitrogens with zero attached hydrogens (tertiary/aromatic N) is 1. The van der Waals surface area contributed by atoms with Crippen molar-refractivity contribution in [2.75, 3.05) is 18.4 Å². The van der Waals surface area contributed by atoms with Gasteiger partial charge in [-0.2, -0.15) is 11.3 Å². The SMILES string of the molecule is CCCC(=O)Nc1ccc(CN=C(NCC)NCC(C)(O)c2ccsc2)cc1.I. The molecule has 0 fully saturated rings. The van der Waals surface area contributed by atoms with Crippen molar-refractivity contribution in [3.63, 3.8) is 0 Å². The summed E-state index contributed by atoms with van der Waals surface area (Å²) in [4.78, 5) is 16.2. The number of guanidine groups is 1. The molecule has 4 N–H and O–H groups in total. The van der Waals surface area contributed by atoms with E-state index in [2.05, 4.69) is 20.9 Å². The number of amides is 1. The monoisotopic (exact) mass is 530 g/mol. The van der Waals surface area contributed by atoms with Gasteiger partial charge in [-0.15, -0.1) is 24.0 Å². The van der Waals surface area contributed by atoms with Crippen LogP contribution in [0.4, 0.5) is 5.69 Å². The molecule has 1 unspecified atom stereocenters. The number of aliphatic hydroxyl groups is 1. The van der Waals surface area contributed by atoms with Crippen molar-refractivity contribution >= 4 is 52.9 Å². The van der Waals surface area contributed by atoms with Crippen molar-refractivity contribution in [3.05, 3.63) is 52.2 Å². The molecular weight excluding hydrogens is 499 g/mol. The first-order valence-electron chi connectivity index (χ1n) is 9.60. The van der Waals surface area contributed by atoms with Crippen molar-refractivity contribution < 1.29 is 9.90 Å². The highest BCUT2D eigenvalue weighted by atomic mass is 127. The molecule has 0 saturated heterocycles. The highest BCUT2D eigenvalue weighted by molar-refractivity contribution is 14.0. The molecule has 1 heterocycles. The van der Waals surface area contributed by atoms with E-state index in [1.54, 1.807) is 18.3 Å². The number of carbonyl (C=O) groups excluding carboxylic acids is 1. The maximum Gasteiger partial charge on any atom is 0.224 e. The van der Waals surface area contributed by atoms with Gasteiger partial charge in [0.25, 0.3) is 0 Å². The third kappa shape index (κ3) is 8.71. The van der Waals surface area contributed by atoms with E-state index in [0.29, 0.717) is 25.5 Å². The number of hydrogen-bond acceptors (Lipinski definition) is 4. The normalized spacial score (nSPS) is 13.2. The molecule has 1 aromatic carbocycles. The Bertz CT molecular complexity index is 761. The molecule has 6 nitrogen and oxygen atoms in total. The van der Waals surface area contributed by atoms with Crippen molar-refractivity contribution in [2.24, 2.45) is 4.99 Å². The van der Waals surface area contributed by atoms with Crippen LogP contribution in [-0.4, -0.2) is 30.1 Å². The number of benzene rings is 1. The molecule has 1 atom stereocenters. The van der Waals surface area contributed by atoms with Gasteiger partial charge in [-0.25, -0.2) is 4.99 Å². The van der Waals surface area contributed by atoms with E-state index in [0.717, 1.165) is 29.8 Å². The van der Waals surface area contributed by atoms with Crippen LogP contribution < -0.4 is 16.0 Å². The number of anilines is 1. The summed E-state index contributed by atoms with van der Waals surface area (Å²) in [6, 6.07) is 9.61. The summed E-state index contributed by atoms with van der Waals surface area (Å²) in [5.74, 6) is 0.683. The Kier molecular flexibility index (Phi) is 11.2. The van der Waals surface area contributed by atoms with Crippen LogP contribution in [0.1, 0.15) is 44.7 Å². The standard InChI is InChI=1S/C21H30N4O2S.HI/c1-4-6-19(26)25-18-9-7-16(8-10-18)13-23-20(22-5-2)24-15-21(3,27)17-11-12-28-14-17;/h7-12,14,27H,4-6,13,15H2,1-3H3,(H,25,26)(H2,22,23,24);1H. The van der Waals surface area contributed by atoms with Crippen LogP contribution in [-0.2, 0) is 16.9 Å². The van der Waals surface area contributed by atoms with Gasteiger partial charge in [-0.3, -0.25) is 4.79 Å². The maximum atomic E-state index is 11.7. The van der Waals surface area contributed by atoms with Crippen LogP contribution in [0.5, 0.6) is 0 Å². The number of thiophene rings is 1. The average molecular weight is 530 g/mol. The molecule has 0 aliphatic carbocycles. The van der Waals surface area contributed by atoms with E-state index >= 15 is 0 Å². The van der Waals surface area contributed by atoms with Gasteiger partial charge in [-0.1, -0.05) is 19.1 Å². The fourth-order valence-corrected chi connectivity index (χ4v) is 3.37. The number of halogens is 1. The molecule has 0 bridgehead atoms. The van der Waals surface area contributed by atoms with E-state index in [4.69, 9.17) is 0 Å². The molecule has 1 aromatic heterocycles. The first-order valence-corrected chi connectivity index (χ1v) is 10.5. The lowest BCUT2D eigenvalue weighted by Crippen LogP contribution is -2.44. The van der Waals surface area contributed by atoms with Crippen molar-refractivity contribution in [1.29, 1.82) is 0 Å². The first kappa shape index (κ1) is 25.4. The Hall–Kier alpha value is -1.65. The van der Waals surface area contributed by atoms with Gasteiger partial charge in [0, 0.05) is 18.7 Å². The van der Waals surface area contributed by atoms with Gasteiger partial charge in [0.2, 0.25) is 5.91 Å². The zero-order valence-electron chi connectivity index (χ0n) is 17.2. The molecular formula is C21H31IN4O2S. The lowest BCUT2D eigenvalue weighted by atomic mass is 9.99. The minimum atomic E-state index is -0.964. The molecule has 160 valence electrons. The molecule has 1 amide bonds. The van der Waals surface area contributed by atoms with Crippen LogP contribution in [0.3, 0.4) is 0 Å². The van der Waals surface area contributed by atoms with E-state index in [-0.39, 0.29) is 29.9 Å². The van der Waals surface area contributed by atoms with E-state index in [1.807, 2.05) is 54.9 Å². The van der Waals surface area contributed by atoms with Crippen LogP contribution in [0.15, 0.2) is 46.1 Å². The molecule has 2 rings (SSSR count). The van der Waals surface area contributed by atoms with Crippen molar-refractivity contribution in [2.45, 2.75) is 45.8 Å². The summed E-state index contributed by atoms with van der Waals surface area (Å²) >= 11 is 1.57. The zero-order valence-corrected chi connectivity index (χ0v) is 20.3. The number of aliphatic imine (C=N–C) groups is 1. The minimum absolute atomic E-state index is 0. The van der Waals surface area contributed by atoms with Gasteiger partial charge < -0.3 is 21.1 Å². The summed E-state index contributed by atoms with van der Waals surface area (Å²) in [5, 5.41) is 23.8. The zero-order chi connectivity index (χ0) is 20.4. The van der Waals surface area contributed by atoms with Crippen LogP contribution in [0.25, 0.3) is 0 Å². The summed E-state index contributed by atoms with van der Waals surface area (Å²) in [7, 11) is 0. The van der Waals surface area contributed by atoms with Crippen LogP contribution >= 0.6 is 35.3 Å². The predicted octanol–water partition coefficient (Wildman–Crippen LogP) is 4.07. The number of rotatable bonds is 9. The van der Waals surface area contributed by atoms with Crippen molar-refractivity contribution in [3.8, 4) is 0 Å². The lowest BCUT2D eigenvalue weighted by molar-refractivity contribution is -0.116. The summed E-state index contributed by atoms with van der Waals surface area (Å²) < 4.78 is 0. The fraction of sp³-hybridized carbons (Fsp3) is 0.429. The first-order chi connectivity index (χ1) is 13.4. The molecule has 0 aliphatic rings. The number of nitrogens with one attached hydrogen (secondary N) is 3. The third-order valence-electron chi connectivity index (χ3n) is 4.22. The Labute approximate surface area is 194 Å². The lowest BCUT2D eigenvalue weighted by Gasteiger charge is -2.24. The number of hydrogen-bond donors (Lipinski definition) is 4. The second-order valence-corrected chi connectivity index (χ2v) is 7.61. The second-order valence-electron chi connectivity index (χ2n) is 6.83. The Morgan fingerprint density at radius 3 is 2.48 bits per heavy atom. The van der Waals surface area contributed by atoms with Crippen LogP contribution in [0, 0.1) is 0 Å². The van der Waals surface area contributed by atoms with E-state index < -0.39 is 5.60 Å². The smallest absolute Gasteiger partial charge is 0.224 e. The van der Waals surface area contributed by atoms with Crippen LogP contribution in [0.2, 0.25) is 0 Å². The van der Waals surface area contributed by atoms with E-state index in [1.165, 1.54) is 0 Å². The Balaban J connectivity index is 0.00000420. The molecule has 29 heavy (non-hydrogen) atoms. The van der Waals surface area contributed by atoms with Gasteiger partial charge in [0.1, 0.15) is 5.60 Å². The Morgan fingerprint density at radius 2 is 1.90 bits per heavy atom. The molecule has 8 heteroatoms. The molecule has 0 radical (unpaired) electrons. The van der Waals surface area contributed by atoms with Crippen molar-refractivity contribution in [1.82, 2.24) is 10.6 Å². The summed E-state index contributed by atoms with van der Waals surface area (Å²) in [6.07, 6.45) is 1.36. The fourth-order valence-electron chi connectivity index (χ4n) is 2.58. The maximum absolute atomic E-state index is 11.7. The second kappa shape index (κ2) is 12.8. The summed E-state index contributed by atoms with van der Waals surface area (Å²) in [5.41, 5.74) is 1.76. The summed E-state index contributed by atoms with van der Waals surface area (Å²) in [6.45, 7) is 7.36. The molecule has 0 spiro atoms.